The first-order chi connectivity index (χ1) is 14.2. The van der Waals surface area contributed by atoms with Crippen molar-refractivity contribution in [3.05, 3.63) is 107 Å². The lowest BCUT2D eigenvalue weighted by molar-refractivity contribution is -0.116. The molecule has 0 aliphatic heterocycles. The van der Waals surface area contributed by atoms with E-state index in [4.69, 9.17) is 16.6 Å². The maximum absolute atomic E-state index is 12.3. The summed E-state index contributed by atoms with van der Waals surface area (Å²) in [5.74, 6) is 0.654. The summed E-state index contributed by atoms with van der Waals surface area (Å²) in [4.78, 5) is 17.0. The van der Waals surface area contributed by atoms with Crippen LogP contribution >= 0.6 is 11.6 Å². The SMILES string of the molecule is O=C(/C=C\c1ccccc1)NCc1nc2ccccc2n1Cc1ccc(Cl)cc1. The van der Waals surface area contributed by atoms with E-state index in [9.17, 15) is 4.79 Å². The Labute approximate surface area is 174 Å². The molecule has 0 aliphatic rings. The van der Waals surface area contributed by atoms with Crippen LogP contribution in [0.15, 0.2) is 84.9 Å². The Morgan fingerprint density at radius 3 is 2.48 bits per heavy atom. The van der Waals surface area contributed by atoms with E-state index < -0.39 is 0 Å². The van der Waals surface area contributed by atoms with Crippen LogP contribution in [0.2, 0.25) is 5.02 Å². The van der Waals surface area contributed by atoms with Gasteiger partial charge in [-0.25, -0.2) is 4.98 Å². The Kier molecular flexibility index (Phi) is 5.73. The normalized spacial score (nSPS) is 11.2. The molecule has 5 heteroatoms. The van der Waals surface area contributed by atoms with E-state index in [0.29, 0.717) is 18.1 Å². The third-order valence-electron chi connectivity index (χ3n) is 4.64. The van der Waals surface area contributed by atoms with Gasteiger partial charge in [-0.2, -0.15) is 0 Å². The summed E-state index contributed by atoms with van der Waals surface area (Å²) in [6, 6.07) is 25.5. The molecule has 1 N–H and O–H groups in total. The predicted molar refractivity (Wildman–Crippen MR) is 118 cm³/mol. The van der Waals surface area contributed by atoms with Crippen molar-refractivity contribution in [2.24, 2.45) is 0 Å². The smallest absolute Gasteiger partial charge is 0.244 e. The van der Waals surface area contributed by atoms with Gasteiger partial charge in [0.15, 0.2) is 0 Å². The van der Waals surface area contributed by atoms with Gasteiger partial charge in [-0.3, -0.25) is 4.79 Å². The van der Waals surface area contributed by atoms with E-state index in [2.05, 4.69) is 9.88 Å². The summed E-state index contributed by atoms with van der Waals surface area (Å²) < 4.78 is 2.12. The average Bonchev–Trinajstić information content (AvgIpc) is 3.10. The number of fused-ring (bicyclic) bond motifs is 1. The molecule has 0 saturated heterocycles. The highest BCUT2D eigenvalue weighted by Gasteiger charge is 2.11. The van der Waals surface area contributed by atoms with Gasteiger partial charge in [0, 0.05) is 17.6 Å². The summed E-state index contributed by atoms with van der Waals surface area (Å²) >= 11 is 6.01. The second-order valence-electron chi connectivity index (χ2n) is 6.69. The lowest BCUT2D eigenvalue weighted by Gasteiger charge is -2.10. The van der Waals surface area contributed by atoms with Crippen LogP contribution in [0.4, 0.5) is 0 Å². The van der Waals surface area contributed by atoms with Crippen LogP contribution in [0.5, 0.6) is 0 Å². The lowest BCUT2D eigenvalue weighted by Crippen LogP contribution is -2.23. The Morgan fingerprint density at radius 1 is 0.966 bits per heavy atom. The molecule has 0 aliphatic carbocycles. The molecule has 3 aromatic carbocycles. The molecule has 0 fully saturated rings. The number of para-hydroxylation sites is 2. The number of hydrogen-bond acceptors (Lipinski definition) is 2. The van der Waals surface area contributed by atoms with Crippen molar-refractivity contribution < 1.29 is 4.79 Å². The topological polar surface area (TPSA) is 46.9 Å². The Bertz CT molecular complexity index is 1150. The fourth-order valence-electron chi connectivity index (χ4n) is 3.17. The fourth-order valence-corrected chi connectivity index (χ4v) is 3.30. The van der Waals surface area contributed by atoms with Crippen molar-refractivity contribution in [3.8, 4) is 0 Å². The highest BCUT2D eigenvalue weighted by molar-refractivity contribution is 6.30. The second kappa shape index (κ2) is 8.76. The van der Waals surface area contributed by atoms with Gasteiger partial charge in [0.1, 0.15) is 5.82 Å². The summed E-state index contributed by atoms with van der Waals surface area (Å²) in [6.07, 6.45) is 3.34. The Hall–Kier alpha value is -3.37. The number of aromatic nitrogens is 2. The van der Waals surface area contributed by atoms with Crippen molar-refractivity contribution in [3.63, 3.8) is 0 Å². The largest absolute Gasteiger partial charge is 0.345 e. The third kappa shape index (κ3) is 4.73. The van der Waals surface area contributed by atoms with Crippen LogP contribution < -0.4 is 5.32 Å². The standard InChI is InChI=1S/C24H20ClN3O/c25-20-13-10-19(11-14-20)17-28-22-9-5-4-8-21(22)27-23(28)16-26-24(29)15-12-18-6-2-1-3-7-18/h1-15H,16-17H2,(H,26,29)/b15-12-. The zero-order chi connectivity index (χ0) is 20.1. The zero-order valence-electron chi connectivity index (χ0n) is 15.8. The highest BCUT2D eigenvalue weighted by Crippen LogP contribution is 2.19. The van der Waals surface area contributed by atoms with Gasteiger partial charge >= 0.3 is 0 Å². The molecule has 1 heterocycles. The number of carbonyl (C=O) groups is 1. The number of nitrogens with zero attached hydrogens (tertiary/aromatic N) is 2. The van der Waals surface area contributed by atoms with Gasteiger partial charge in [-0.1, -0.05) is 66.2 Å². The van der Waals surface area contributed by atoms with Crippen molar-refractivity contribution in [2.75, 3.05) is 0 Å². The molecule has 0 radical (unpaired) electrons. The van der Waals surface area contributed by atoms with Crippen molar-refractivity contribution in [2.45, 2.75) is 13.1 Å². The number of nitrogens with one attached hydrogen (secondary N) is 1. The maximum Gasteiger partial charge on any atom is 0.244 e. The summed E-state index contributed by atoms with van der Waals surface area (Å²) in [5, 5.41) is 3.65. The van der Waals surface area contributed by atoms with Gasteiger partial charge in [0.05, 0.1) is 17.6 Å². The molecule has 1 aromatic heterocycles. The summed E-state index contributed by atoms with van der Waals surface area (Å²) in [7, 11) is 0. The third-order valence-corrected chi connectivity index (χ3v) is 4.89. The molecule has 4 nitrogen and oxygen atoms in total. The zero-order valence-corrected chi connectivity index (χ0v) is 16.5. The minimum atomic E-state index is -0.154. The van der Waals surface area contributed by atoms with Gasteiger partial charge in [0.25, 0.3) is 0 Å². The Balaban J connectivity index is 1.52. The van der Waals surface area contributed by atoms with Crippen LogP contribution in [-0.2, 0) is 17.9 Å². The van der Waals surface area contributed by atoms with Gasteiger partial charge in [-0.15, -0.1) is 0 Å². The van der Waals surface area contributed by atoms with Crippen LogP contribution in [0, 0.1) is 0 Å². The maximum atomic E-state index is 12.3. The lowest BCUT2D eigenvalue weighted by atomic mass is 10.2. The number of imidazole rings is 1. The monoisotopic (exact) mass is 401 g/mol. The summed E-state index contributed by atoms with van der Waals surface area (Å²) in [5.41, 5.74) is 4.05. The number of carbonyl (C=O) groups excluding carboxylic acids is 1. The molecule has 4 rings (SSSR count). The van der Waals surface area contributed by atoms with E-state index >= 15 is 0 Å². The highest BCUT2D eigenvalue weighted by atomic mass is 35.5. The summed E-state index contributed by atoms with van der Waals surface area (Å²) in [6.45, 7) is 1.00. The van der Waals surface area contributed by atoms with Crippen LogP contribution in [-0.4, -0.2) is 15.5 Å². The second-order valence-corrected chi connectivity index (χ2v) is 7.13. The molecule has 0 spiro atoms. The van der Waals surface area contributed by atoms with Gasteiger partial charge < -0.3 is 9.88 Å². The van der Waals surface area contributed by atoms with Gasteiger partial charge in [0.2, 0.25) is 5.91 Å². The molecule has 144 valence electrons. The fraction of sp³-hybridized carbons (Fsp3) is 0.0833. The number of rotatable bonds is 6. The minimum Gasteiger partial charge on any atom is -0.345 e. The first-order valence-corrected chi connectivity index (χ1v) is 9.76. The molecule has 0 bridgehead atoms. The molecular weight excluding hydrogens is 382 g/mol. The first-order valence-electron chi connectivity index (χ1n) is 9.38. The minimum absolute atomic E-state index is 0.154. The van der Waals surface area contributed by atoms with E-state index in [1.54, 1.807) is 12.2 Å². The number of hydrogen-bond donors (Lipinski definition) is 1. The molecule has 29 heavy (non-hydrogen) atoms. The van der Waals surface area contributed by atoms with E-state index in [0.717, 1.165) is 28.0 Å². The molecule has 0 atom stereocenters. The van der Waals surface area contributed by atoms with E-state index in [1.807, 2.05) is 78.9 Å². The van der Waals surface area contributed by atoms with Crippen LogP contribution in [0.25, 0.3) is 17.1 Å². The quantitative estimate of drug-likeness (QED) is 0.458. The van der Waals surface area contributed by atoms with Crippen molar-refractivity contribution >= 4 is 34.6 Å². The number of amides is 1. The first kappa shape index (κ1) is 19.0. The molecule has 0 unspecified atom stereocenters. The van der Waals surface area contributed by atoms with Crippen molar-refractivity contribution in [1.82, 2.24) is 14.9 Å². The molecular formula is C24H20ClN3O. The molecule has 4 aromatic rings. The Morgan fingerprint density at radius 2 is 1.69 bits per heavy atom. The predicted octanol–water partition coefficient (Wildman–Crippen LogP) is 5.07. The van der Waals surface area contributed by atoms with Crippen molar-refractivity contribution in [1.29, 1.82) is 0 Å². The van der Waals surface area contributed by atoms with Gasteiger partial charge in [-0.05, 0) is 41.5 Å². The molecule has 1 amide bonds. The average molecular weight is 402 g/mol. The number of benzene rings is 3. The van der Waals surface area contributed by atoms with Crippen LogP contribution in [0.1, 0.15) is 17.0 Å². The number of halogens is 1. The van der Waals surface area contributed by atoms with E-state index in [-0.39, 0.29) is 5.91 Å². The van der Waals surface area contributed by atoms with E-state index in [1.165, 1.54) is 0 Å². The van der Waals surface area contributed by atoms with Crippen LogP contribution in [0.3, 0.4) is 0 Å². The molecule has 0 saturated carbocycles.